The van der Waals surface area contributed by atoms with Crippen molar-refractivity contribution in [1.29, 1.82) is 0 Å². The number of aliphatic carboxylic acids is 1. The molecule has 3 rings (SSSR count). The third-order valence-electron chi connectivity index (χ3n) is 3.90. The Balaban J connectivity index is 1.70. The third-order valence-corrected chi connectivity index (χ3v) is 3.90. The maximum atomic E-state index is 10.7. The number of aryl methyl sites for hydroxylation is 2. The standard InChI is InChI=1S/C14H16O2/c15-14(16)13-8-12(13)7-9-4-5-10-2-1-3-11(10)6-9/h4-6,12-13H,1-3,7-8H2,(H,15,16)/t12-,13-/m1/s1. The number of hydrogen-bond donors (Lipinski definition) is 1. The number of fused-ring (bicyclic) bond motifs is 1. The number of hydrogen-bond acceptors (Lipinski definition) is 1. The number of benzene rings is 1. The van der Waals surface area contributed by atoms with Gasteiger partial charge in [0.2, 0.25) is 0 Å². The second kappa shape index (κ2) is 3.62. The smallest absolute Gasteiger partial charge is 0.306 e. The molecular formula is C14H16O2. The number of carboxylic acid groups (broad SMARTS) is 1. The highest BCUT2D eigenvalue weighted by molar-refractivity contribution is 5.73. The summed E-state index contributed by atoms with van der Waals surface area (Å²) >= 11 is 0. The zero-order valence-electron chi connectivity index (χ0n) is 9.28. The van der Waals surface area contributed by atoms with Gasteiger partial charge in [-0.1, -0.05) is 18.2 Å². The minimum atomic E-state index is -0.619. The molecule has 0 spiro atoms. The summed E-state index contributed by atoms with van der Waals surface area (Å²) in [6.45, 7) is 0. The van der Waals surface area contributed by atoms with E-state index in [-0.39, 0.29) is 5.92 Å². The van der Waals surface area contributed by atoms with Gasteiger partial charge in [0.25, 0.3) is 0 Å². The number of carbonyl (C=O) groups is 1. The Labute approximate surface area is 95.3 Å². The molecule has 16 heavy (non-hydrogen) atoms. The van der Waals surface area contributed by atoms with Gasteiger partial charge in [-0.3, -0.25) is 4.79 Å². The number of carboxylic acids is 1. The molecule has 2 nitrogen and oxygen atoms in total. The summed E-state index contributed by atoms with van der Waals surface area (Å²) in [5.74, 6) is -0.309. The Bertz CT molecular complexity index is 436. The van der Waals surface area contributed by atoms with Crippen molar-refractivity contribution in [3.63, 3.8) is 0 Å². The molecule has 2 atom stereocenters. The first-order valence-electron chi connectivity index (χ1n) is 6.07. The lowest BCUT2D eigenvalue weighted by Crippen LogP contribution is -2.01. The SMILES string of the molecule is O=C(O)[C@@H]1C[C@H]1Cc1ccc2c(c1)CCC2. The monoisotopic (exact) mass is 216 g/mol. The molecule has 0 aromatic heterocycles. The van der Waals surface area contributed by atoms with Gasteiger partial charge in [-0.2, -0.15) is 0 Å². The van der Waals surface area contributed by atoms with Gasteiger partial charge in [0, 0.05) is 0 Å². The summed E-state index contributed by atoms with van der Waals surface area (Å²) < 4.78 is 0. The van der Waals surface area contributed by atoms with E-state index in [0.717, 1.165) is 12.8 Å². The van der Waals surface area contributed by atoms with E-state index < -0.39 is 5.97 Å². The summed E-state index contributed by atoms with van der Waals surface area (Å²) in [4.78, 5) is 10.7. The summed E-state index contributed by atoms with van der Waals surface area (Å²) in [5, 5.41) is 8.86. The molecule has 0 radical (unpaired) electrons. The van der Waals surface area contributed by atoms with Gasteiger partial charge in [-0.25, -0.2) is 0 Å². The largest absolute Gasteiger partial charge is 0.481 e. The molecule has 0 bridgehead atoms. The van der Waals surface area contributed by atoms with Gasteiger partial charge in [0.15, 0.2) is 0 Å². The average Bonchev–Trinajstić information content (AvgIpc) is 2.87. The van der Waals surface area contributed by atoms with E-state index in [1.54, 1.807) is 0 Å². The van der Waals surface area contributed by atoms with E-state index in [1.807, 2.05) is 0 Å². The van der Waals surface area contributed by atoms with Crippen LogP contribution in [0.5, 0.6) is 0 Å². The third kappa shape index (κ3) is 1.73. The first-order valence-corrected chi connectivity index (χ1v) is 6.07. The Morgan fingerprint density at radius 2 is 2.12 bits per heavy atom. The van der Waals surface area contributed by atoms with E-state index in [0.29, 0.717) is 5.92 Å². The topological polar surface area (TPSA) is 37.3 Å². The molecule has 1 saturated carbocycles. The van der Waals surface area contributed by atoms with E-state index in [4.69, 9.17) is 5.11 Å². The molecule has 0 aliphatic heterocycles. The van der Waals surface area contributed by atoms with Gasteiger partial charge in [-0.15, -0.1) is 0 Å². The lowest BCUT2D eigenvalue weighted by molar-refractivity contribution is -0.138. The molecular weight excluding hydrogens is 200 g/mol. The van der Waals surface area contributed by atoms with Gasteiger partial charge >= 0.3 is 5.97 Å². The van der Waals surface area contributed by atoms with Crippen molar-refractivity contribution in [2.75, 3.05) is 0 Å². The molecule has 2 aliphatic rings. The van der Waals surface area contributed by atoms with Crippen LogP contribution in [-0.4, -0.2) is 11.1 Å². The fourth-order valence-corrected chi connectivity index (χ4v) is 2.83. The second-order valence-electron chi connectivity index (χ2n) is 5.10. The van der Waals surface area contributed by atoms with Crippen LogP contribution in [0.25, 0.3) is 0 Å². The van der Waals surface area contributed by atoms with Crippen LogP contribution in [0.15, 0.2) is 18.2 Å². The molecule has 0 saturated heterocycles. The van der Waals surface area contributed by atoms with Crippen molar-refractivity contribution in [3.8, 4) is 0 Å². The van der Waals surface area contributed by atoms with Crippen molar-refractivity contribution >= 4 is 5.97 Å². The molecule has 0 amide bonds. The van der Waals surface area contributed by atoms with Crippen LogP contribution < -0.4 is 0 Å². The molecule has 1 N–H and O–H groups in total. The molecule has 0 unspecified atom stereocenters. The molecule has 84 valence electrons. The van der Waals surface area contributed by atoms with E-state index in [2.05, 4.69) is 18.2 Å². The van der Waals surface area contributed by atoms with E-state index in [9.17, 15) is 4.79 Å². The van der Waals surface area contributed by atoms with Crippen molar-refractivity contribution in [3.05, 3.63) is 34.9 Å². The molecule has 1 aromatic carbocycles. The lowest BCUT2D eigenvalue weighted by Gasteiger charge is -2.04. The predicted molar refractivity (Wildman–Crippen MR) is 61.4 cm³/mol. The van der Waals surface area contributed by atoms with Crippen molar-refractivity contribution < 1.29 is 9.90 Å². The van der Waals surface area contributed by atoms with E-state index >= 15 is 0 Å². The maximum Gasteiger partial charge on any atom is 0.306 e. The van der Waals surface area contributed by atoms with Crippen LogP contribution in [0.4, 0.5) is 0 Å². The summed E-state index contributed by atoms with van der Waals surface area (Å²) in [7, 11) is 0. The predicted octanol–water partition coefficient (Wildman–Crippen LogP) is 2.44. The summed E-state index contributed by atoms with van der Waals surface area (Å²) in [6, 6.07) is 6.71. The lowest BCUT2D eigenvalue weighted by atomic mass is 10.0. The first kappa shape index (κ1) is 9.88. The quantitative estimate of drug-likeness (QED) is 0.842. The zero-order chi connectivity index (χ0) is 11.1. The van der Waals surface area contributed by atoms with Crippen LogP contribution in [0.1, 0.15) is 29.5 Å². The molecule has 1 fully saturated rings. The summed E-state index contributed by atoms with van der Waals surface area (Å²) in [6.07, 6.45) is 5.52. The minimum Gasteiger partial charge on any atom is -0.481 e. The van der Waals surface area contributed by atoms with Crippen molar-refractivity contribution in [1.82, 2.24) is 0 Å². The van der Waals surface area contributed by atoms with Gasteiger partial charge in [0.05, 0.1) is 5.92 Å². The second-order valence-corrected chi connectivity index (χ2v) is 5.10. The number of rotatable bonds is 3. The first-order chi connectivity index (χ1) is 7.74. The van der Waals surface area contributed by atoms with Crippen LogP contribution in [0.2, 0.25) is 0 Å². The fourth-order valence-electron chi connectivity index (χ4n) is 2.83. The Kier molecular flexibility index (Phi) is 2.23. The highest BCUT2D eigenvalue weighted by atomic mass is 16.4. The zero-order valence-corrected chi connectivity index (χ0v) is 9.28. The van der Waals surface area contributed by atoms with E-state index in [1.165, 1.54) is 36.0 Å². The van der Waals surface area contributed by atoms with Crippen molar-refractivity contribution in [2.24, 2.45) is 11.8 Å². The maximum absolute atomic E-state index is 10.7. The van der Waals surface area contributed by atoms with Crippen LogP contribution >= 0.6 is 0 Å². The molecule has 1 aromatic rings. The normalized spacial score (nSPS) is 26.5. The Morgan fingerprint density at radius 1 is 1.31 bits per heavy atom. The highest BCUT2D eigenvalue weighted by Gasteiger charge is 2.42. The van der Waals surface area contributed by atoms with Crippen LogP contribution in [0.3, 0.4) is 0 Å². The molecule has 0 heterocycles. The van der Waals surface area contributed by atoms with Crippen LogP contribution in [0, 0.1) is 11.8 Å². The average molecular weight is 216 g/mol. The van der Waals surface area contributed by atoms with Crippen molar-refractivity contribution in [2.45, 2.75) is 32.1 Å². The Hall–Kier alpha value is -1.31. The highest BCUT2D eigenvalue weighted by Crippen LogP contribution is 2.41. The van der Waals surface area contributed by atoms with Gasteiger partial charge < -0.3 is 5.11 Å². The Morgan fingerprint density at radius 3 is 2.88 bits per heavy atom. The van der Waals surface area contributed by atoms with Gasteiger partial charge in [-0.05, 0) is 54.7 Å². The fraction of sp³-hybridized carbons (Fsp3) is 0.500. The molecule has 2 heteroatoms. The summed E-state index contributed by atoms with van der Waals surface area (Å²) in [5.41, 5.74) is 4.31. The van der Waals surface area contributed by atoms with Gasteiger partial charge in [0.1, 0.15) is 0 Å². The minimum absolute atomic E-state index is 0.0757. The molecule has 2 aliphatic carbocycles. The van der Waals surface area contributed by atoms with Crippen LogP contribution in [-0.2, 0) is 24.1 Å².